The standard InChI is InChI=1S/C6H7BrN2O/c1-5-3-9(4-8-5)6(10)2-7/h3-4H,2H2,1H3. The number of carbonyl (C=O) groups excluding carboxylic acids is 1. The Kier molecular flexibility index (Phi) is 2.21. The first-order valence-electron chi connectivity index (χ1n) is 2.84. The molecular weight excluding hydrogens is 196 g/mol. The van der Waals surface area contributed by atoms with Gasteiger partial charge in [0.25, 0.3) is 0 Å². The summed E-state index contributed by atoms with van der Waals surface area (Å²) in [6.07, 6.45) is 3.21. The number of carbonyl (C=O) groups is 1. The molecule has 0 unspecified atom stereocenters. The first-order valence-corrected chi connectivity index (χ1v) is 3.96. The smallest absolute Gasteiger partial charge is 0.242 e. The zero-order valence-corrected chi connectivity index (χ0v) is 7.13. The van der Waals surface area contributed by atoms with Crippen LogP contribution >= 0.6 is 15.9 Å². The molecule has 0 aromatic carbocycles. The maximum Gasteiger partial charge on any atom is 0.242 e. The van der Waals surface area contributed by atoms with Crippen LogP contribution in [0.5, 0.6) is 0 Å². The summed E-state index contributed by atoms with van der Waals surface area (Å²) in [7, 11) is 0. The number of halogens is 1. The molecule has 1 heterocycles. The van der Waals surface area contributed by atoms with E-state index in [1.807, 2.05) is 6.92 Å². The zero-order valence-electron chi connectivity index (χ0n) is 5.54. The van der Waals surface area contributed by atoms with Crippen molar-refractivity contribution in [1.82, 2.24) is 9.55 Å². The van der Waals surface area contributed by atoms with E-state index in [9.17, 15) is 4.79 Å². The minimum atomic E-state index is 0.000556. The van der Waals surface area contributed by atoms with Gasteiger partial charge in [-0.05, 0) is 6.92 Å². The molecule has 0 N–H and O–H groups in total. The number of imidazole rings is 1. The summed E-state index contributed by atoms with van der Waals surface area (Å²) in [6, 6.07) is 0. The normalized spacial score (nSPS) is 9.80. The Labute approximate surface area is 67.2 Å². The second kappa shape index (κ2) is 2.96. The molecule has 0 aliphatic carbocycles. The Balaban J connectivity index is 2.85. The minimum Gasteiger partial charge on any atom is -0.275 e. The predicted octanol–water partition coefficient (Wildman–Crippen LogP) is 1.23. The van der Waals surface area contributed by atoms with Crippen molar-refractivity contribution in [1.29, 1.82) is 0 Å². The molecular formula is C6H7BrN2O. The summed E-state index contributed by atoms with van der Waals surface area (Å²) in [4.78, 5) is 14.8. The molecule has 0 radical (unpaired) electrons. The Hall–Kier alpha value is -0.640. The molecule has 0 fully saturated rings. The summed E-state index contributed by atoms with van der Waals surface area (Å²) in [6.45, 7) is 1.85. The molecule has 1 aromatic rings. The number of aryl methyl sites for hydroxylation is 1. The van der Waals surface area contributed by atoms with Gasteiger partial charge in [-0.2, -0.15) is 0 Å². The third kappa shape index (κ3) is 1.44. The van der Waals surface area contributed by atoms with Crippen LogP contribution < -0.4 is 0 Å². The molecule has 10 heavy (non-hydrogen) atoms. The van der Waals surface area contributed by atoms with Gasteiger partial charge in [0, 0.05) is 6.20 Å². The van der Waals surface area contributed by atoms with Crippen molar-refractivity contribution in [3.8, 4) is 0 Å². The monoisotopic (exact) mass is 202 g/mol. The summed E-state index contributed by atoms with van der Waals surface area (Å²) in [5.74, 6) is 0.000556. The van der Waals surface area contributed by atoms with Gasteiger partial charge in [-0.3, -0.25) is 9.36 Å². The molecule has 54 valence electrons. The topological polar surface area (TPSA) is 34.9 Å². The fraction of sp³-hybridized carbons (Fsp3) is 0.333. The largest absolute Gasteiger partial charge is 0.275 e. The van der Waals surface area contributed by atoms with E-state index in [-0.39, 0.29) is 5.91 Å². The molecule has 1 aromatic heterocycles. The van der Waals surface area contributed by atoms with Crippen molar-refractivity contribution in [3.05, 3.63) is 18.2 Å². The van der Waals surface area contributed by atoms with Crippen LogP contribution in [0.25, 0.3) is 0 Å². The highest BCUT2D eigenvalue weighted by molar-refractivity contribution is 9.09. The van der Waals surface area contributed by atoms with Crippen LogP contribution in [0.15, 0.2) is 12.5 Å². The molecule has 0 saturated carbocycles. The Morgan fingerprint density at radius 2 is 2.60 bits per heavy atom. The van der Waals surface area contributed by atoms with E-state index in [2.05, 4.69) is 20.9 Å². The molecule has 4 heteroatoms. The van der Waals surface area contributed by atoms with Crippen LogP contribution in [-0.2, 0) is 0 Å². The van der Waals surface area contributed by atoms with E-state index in [1.54, 1.807) is 6.20 Å². The van der Waals surface area contributed by atoms with Crippen LogP contribution in [0.4, 0.5) is 0 Å². The summed E-state index contributed by atoms with van der Waals surface area (Å²) >= 11 is 3.06. The number of alkyl halides is 1. The highest BCUT2D eigenvalue weighted by atomic mass is 79.9. The number of hydrogen-bond donors (Lipinski definition) is 0. The van der Waals surface area contributed by atoms with Crippen molar-refractivity contribution in [3.63, 3.8) is 0 Å². The van der Waals surface area contributed by atoms with Gasteiger partial charge in [0.15, 0.2) is 0 Å². The van der Waals surface area contributed by atoms with Crippen molar-refractivity contribution < 1.29 is 4.79 Å². The second-order valence-electron chi connectivity index (χ2n) is 1.95. The van der Waals surface area contributed by atoms with Gasteiger partial charge in [0.1, 0.15) is 6.33 Å². The van der Waals surface area contributed by atoms with Crippen LogP contribution in [0, 0.1) is 6.92 Å². The van der Waals surface area contributed by atoms with Crippen LogP contribution in [0.1, 0.15) is 10.5 Å². The maximum atomic E-state index is 10.9. The van der Waals surface area contributed by atoms with Crippen LogP contribution in [0.3, 0.4) is 0 Å². The zero-order chi connectivity index (χ0) is 7.56. The van der Waals surface area contributed by atoms with Gasteiger partial charge in [-0.15, -0.1) is 0 Å². The molecule has 0 aliphatic rings. The van der Waals surface area contributed by atoms with Gasteiger partial charge < -0.3 is 0 Å². The second-order valence-corrected chi connectivity index (χ2v) is 2.51. The molecule has 0 spiro atoms. The fourth-order valence-corrected chi connectivity index (χ4v) is 0.916. The van der Waals surface area contributed by atoms with E-state index in [1.165, 1.54) is 10.9 Å². The van der Waals surface area contributed by atoms with Gasteiger partial charge >= 0.3 is 0 Å². The molecule has 1 rings (SSSR count). The number of nitrogens with zero attached hydrogens (tertiary/aromatic N) is 2. The SMILES string of the molecule is Cc1cn(C(=O)CBr)cn1. The van der Waals surface area contributed by atoms with E-state index in [4.69, 9.17) is 0 Å². The maximum absolute atomic E-state index is 10.9. The van der Waals surface area contributed by atoms with Crippen LogP contribution in [-0.4, -0.2) is 20.8 Å². The van der Waals surface area contributed by atoms with Crippen molar-refractivity contribution >= 4 is 21.8 Å². The lowest BCUT2D eigenvalue weighted by Crippen LogP contribution is -2.08. The van der Waals surface area contributed by atoms with Gasteiger partial charge in [-0.1, -0.05) is 15.9 Å². The summed E-state index contributed by atoms with van der Waals surface area (Å²) < 4.78 is 1.46. The van der Waals surface area contributed by atoms with E-state index in [0.29, 0.717) is 5.33 Å². The van der Waals surface area contributed by atoms with Crippen molar-refractivity contribution in [2.45, 2.75) is 6.92 Å². The van der Waals surface area contributed by atoms with Gasteiger partial charge in [0.05, 0.1) is 11.0 Å². The predicted molar refractivity (Wildman–Crippen MR) is 41.4 cm³/mol. The third-order valence-corrected chi connectivity index (χ3v) is 1.59. The number of aromatic nitrogens is 2. The van der Waals surface area contributed by atoms with E-state index < -0.39 is 0 Å². The Morgan fingerprint density at radius 3 is 3.00 bits per heavy atom. The molecule has 0 saturated heterocycles. The molecule has 0 atom stereocenters. The molecule has 3 nitrogen and oxygen atoms in total. The number of rotatable bonds is 1. The van der Waals surface area contributed by atoms with Crippen molar-refractivity contribution in [2.24, 2.45) is 0 Å². The average molecular weight is 203 g/mol. The number of hydrogen-bond acceptors (Lipinski definition) is 2. The Morgan fingerprint density at radius 1 is 1.90 bits per heavy atom. The molecule has 0 bridgehead atoms. The first-order chi connectivity index (χ1) is 4.74. The molecule has 0 amide bonds. The lowest BCUT2D eigenvalue weighted by Gasteiger charge is -1.92. The fourth-order valence-electron chi connectivity index (χ4n) is 0.627. The highest BCUT2D eigenvalue weighted by Crippen LogP contribution is 1.94. The highest BCUT2D eigenvalue weighted by Gasteiger charge is 2.00. The van der Waals surface area contributed by atoms with Crippen LogP contribution in [0.2, 0.25) is 0 Å². The lowest BCUT2D eigenvalue weighted by molar-refractivity contribution is 0.0943. The van der Waals surface area contributed by atoms with Gasteiger partial charge in [-0.25, -0.2) is 4.98 Å². The first kappa shape index (κ1) is 7.47. The summed E-state index contributed by atoms with van der Waals surface area (Å²) in [5, 5.41) is 0.336. The van der Waals surface area contributed by atoms with Crippen molar-refractivity contribution in [2.75, 3.05) is 5.33 Å². The van der Waals surface area contributed by atoms with E-state index >= 15 is 0 Å². The quantitative estimate of drug-likeness (QED) is 0.643. The Bertz CT molecular complexity index is 244. The average Bonchev–Trinajstić information content (AvgIpc) is 2.34. The minimum absolute atomic E-state index is 0.000556. The molecule has 0 aliphatic heterocycles. The lowest BCUT2D eigenvalue weighted by atomic mass is 10.5. The van der Waals surface area contributed by atoms with Gasteiger partial charge in [0.2, 0.25) is 5.91 Å². The van der Waals surface area contributed by atoms with E-state index in [0.717, 1.165) is 5.69 Å². The third-order valence-electron chi connectivity index (χ3n) is 1.11. The summed E-state index contributed by atoms with van der Waals surface area (Å²) in [5.41, 5.74) is 0.856.